The Bertz CT molecular complexity index is 455. The lowest BCUT2D eigenvalue weighted by atomic mass is 9.78. The molecule has 1 saturated carbocycles. The molecule has 0 aromatic heterocycles. The minimum Gasteiger partial charge on any atom is -0.368 e. The van der Waals surface area contributed by atoms with Crippen molar-refractivity contribution >= 4 is 5.69 Å². The van der Waals surface area contributed by atoms with Gasteiger partial charge in [-0.05, 0) is 68.7 Å². The van der Waals surface area contributed by atoms with E-state index in [1.165, 1.54) is 50.9 Å². The van der Waals surface area contributed by atoms with E-state index in [4.69, 9.17) is 0 Å². The number of hydrogen-bond acceptors (Lipinski definition) is 2. The minimum absolute atomic E-state index is 0.752. The van der Waals surface area contributed by atoms with E-state index >= 15 is 0 Å². The van der Waals surface area contributed by atoms with Crippen molar-refractivity contribution in [3.05, 3.63) is 29.8 Å². The summed E-state index contributed by atoms with van der Waals surface area (Å²) < 4.78 is 0. The third-order valence-electron chi connectivity index (χ3n) is 5.13. The first-order valence-electron chi connectivity index (χ1n) is 8.81. The second-order valence-corrected chi connectivity index (χ2v) is 7.24. The molecule has 1 aliphatic carbocycles. The smallest absolute Gasteiger partial charge is 0.0401 e. The maximum atomic E-state index is 3.67. The van der Waals surface area contributed by atoms with Crippen molar-refractivity contribution in [1.29, 1.82) is 0 Å². The van der Waals surface area contributed by atoms with Gasteiger partial charge < -0.3 is 10.2 Å². The van der Waals surface area contributed by atoms with Gasteiger partial charge in [0, 0.05) is 18.3 Å². The molecule has 0 bridgehead atoms. The number of rotatable bonds is 5. The van der Waals surface area contributed by atoms with Gasteiger partial charge in [0.05, 0.1) is 0 Å². The topological polar surface area (TPSA) is 15.3 Å². The summed E-state index contributed by atoms with van der Waals surface area (Å²) in [5, 5.41) is 3.67. The molecule has 116 valence electrons. The Morgan fingerprint density at radius 1 is 1.19 bits per heavy atom. The van der Waals surface area contributed by atoms with Crippen LogP contribution in [-0.4, -0.2) is 25.7 Å². The lowest BCUT2D eigenvalue weighted by molar-refractivity contribution is 0.231. The number of hydrogen-bond donors (Lipinski definition) is 1. The molecule has 1 aromatic carbocycles. The van der Waals surface area contributed by atoms with Crippen molar-refractivity contribution in [1.82, 2.24) is 5.32 Å². The van der Waals surface area contributed by atoms with Crippen LogP contribution < -0.4 is 10.2 Å². The van der Waals surface area contributed by atoms with Gasteiger partial charge in [0.2, 0.25) is 0 Å². The number of nitrogens with one attached hydrogen (secondary N) is 1. The standard InChI is InChI=1S/C19H30N2/c1-15(2)13-20-14-17-10-11-19(17)21-12-6-5-8-16-7-3-4-9-18(16)21/h3-4,7,9,15,17,19-20H,5-6,8,10-14H2,1-2H3. The molecule has 2 atom stereocenters. The zero-order chi connectivity index (χ0) is 14.7. The van der Waals surface area contributed by atoms with Gasteiger partial charge >= 0.3 is 0 Å². The maximum absolute atomic E-state index is 3.67. The fraction of sp³-hybridized carbons (Fsp3) is 0.684. The van der Waals surface area contributed by atoms with Gasteiger partial charge in [0.15, 0.2) is 0 Å². The summed E-state index contributed by atoms with van der Waals surface area (Å²) in [4.78, 5) is 2.73. The van der Waals surface area contributed by atoms with Gasteiger partial charge in [-0.2, -0.15) is 0 Å². The van der Waals surface area contributed by atoms with Gasteiger partial charge in [0.25, 0.3) is 0 Å². The van der Waals surface area contributed by atoms with E-state index in [0.29, 0.717) is 0 Å². The minimum atomic E-state index is 0.752. The van der Waals surface area contributed by atoms with E-state index in [2.05, 4.69) is 48.3 Å². The number of aryl methyl sites for hydroxylation is 1. The summed E-state index contributed by atoms with van der Waals surface area (Å²) in [6.07, 6.45) is 6.72. The molecule has 0 radical (unpaired) electrons. The van der Waals surface area contributed by atoms with Crippen LogP contribution in [0.4, 0.5) is 5.69 Å². The van der Waals surface area contributed by atoms with Gasteiger partial charge in [0.1, 0.15) is 0 Å². The Morgan fingerprint density at radius 3 is 2.81 bits per heavy atom. The average Bonchev–Trinajstić information content (AvgIpc) is 2.65. The SMILES string of the molecule is CC(C)CNCC1CCC1N1CCCCc2ccccc21. The van der Waals surface area contributed by atoms with E-state index in [1.807, 2.05) is 0 Å². The Hall–Kier alpha value is -1.02. The largest absolute Gasteiger partial charge is 0.368 e. The molecular weight excluding hydrogens is 256 g/mol. The highest BCUT2D eigenvalue weighted by molar-refractivity contribution is 5.55. The third kappa shape index (κ3) is 3.42. The molecule has 0 spiro atoms. The Morgan fingerprint density at radius 2 is 2.05 bits per heavy atom. The molecule has 2 heteroatoms. The predicted octanol–water partition coefficient (Wildman–Crippen LogP) is 3.85. The van der Waals surface area contributed by atoms with Crippen molar-refractivity contribution in [2.75, 3.05) is 24.5 Å². The van der Waals surface area contributed by atoms with Crippen LogP contribution in [-0.2, 0) is 6.42 Å². The van der Waals surface area contributed by atoms with Gasteiger partial charge in [-0.3, -0.25) is 0 Å². The van der Waals surface area contributed by atoms with Gasteiger partial charge in [-0.25, -0.2) is 0 Å². The van der Waals surface area contributed by atoms with Gasteiger partial charge in [-0.1, -0.05) is 32.0 Å². The lowest BCUT2D eigenvalue weighted by Crippen LogP contribution is -2.51. The van der Waals surface area contributed by atoms with Crippen molar-refractivity contribution in [3.8, 4) is 0 Å². The highest BCUT2D eigenvalue weighted by atomic mass is 15.2. The summed E-state index contributed by atoms with van der Waals surface area (Å²) in [7, 11) is 0. The fourth-order valence-corrected chi connectivity index (χ4v) is 3.82. The van der Waals surface area contributed by atoms with Crippen LogP contribution in [0.2, 0.25) is 0 Å². The number of benzene rings is 1. The van der Waals surface area contributed by atoms with Crippen LogP contribution >= 0.6 is 0 Å². The second kappa shape index (κ2) is 6.83. The molecule has 1 N–H and O–H groups in total. The Labute approximate surface area is 129 Å². The molecule has 1 fully saturated rings. The molecule has 1 aromatic rings. The average molecular weight is 286 g/mol. The molecule has 3 rings (SSSR count). The van der Waals surface area contributed by atoms with Crippen LogP contribution in [0.5, 0.6) is 0 Å². The molecule has 1 heterocycles. The molecular formula is C19H30N2. The summed E-state index contributed by atoms with van der Waals surface area (Å²) in [5.41, 5.74) is 3.09. The number of para-hydroxylation sites is 1. The molecule has 2 aliphatic rings. The van der Waals surface area contributed by atoms with E-state index in [-0.39, 0.29) is 0 Å². The predicted molar refractivity (Wildman–Crippen MR) is 90.9 cm³/mol. The highest BCUT2D eigenvalue weighted by Crippen LogP contribution is 2.37. The Balaban J connectivity index is 1.66. The van der Waals surface area contributed by atoms with E-state index in [0.717, 1.165) is 24.4 Å². The summed E-state index contributed by atoms with van der Waals surface area (Å²) in [6, 6.07) is 9.85. The first-order valence-corrected chi connectivity index (χ1v) is 8.81. The summed E-state index contributed by atoms with van der Waals surface area (Å²) >= 11 is 0. The normalized spacial score (nSPS) is 25.4. The molecule has 1 aliphatic heterocycles. The van der Waals surface area contributed by atoms with E-state index in [9.17, 15) is 0 Å². The Kier molecular flexibility index (Phi) is 4.84. The van der Waals surface area contributed by atoms with E-state index in [1.54, 1.807) is 5.56 Å². The second-order valence-electron chi connectivity index (χ2n) is 7.24. The highest BCUT2D eigenvalue weighted by Gasteiger charge is 2.36. The lowest BCUT2D eigenvalue weighted by Gasteiger charge is -2.46. The molecule has 2 unspecified atom stereocenters. The molecule has 0 amide bonds. The van der Waals surface area contributed by atoms with Crippen LogP contribution in [0, 0.1) is 11.8 Å². The molecule has 2 nitrogen and oxygen atoms in total. The first kappa shape index (κ1) is 14.9. The van der Waals surface area contributed by atoms with Gasteiger partial charge in [-0.15, -0.1) is 0 Å². The van der Waals surface area contributed by atoms with Crippen LogP contribution in [0.15, 0.2) is 24.3 Å². The number of nitrogens with zero attached hydrogens (tertiary/aromatic N) is 1. The first-order chi connectivity index (χ1) is 10.3. The maximum Gasteiger partial charge on any atom is 0.0401 e. The zero-order valence-corrected chi connectivity index (χ0v) is 13.6. The van der Waals surface area contributed by atoms with E-state index < -0.39 is 0 Å². The molecule has 0 saturated heterocycles. The van der Waals surface area contributed by atoms with Crippen molar-refractivity contribution in [2.24, 2.45) is 11.8 Å². The van der Waals surface area contributed by atoms with Crippen molar-refractivity contribution < 1.29 is 0 Å². The van der Waals surface area contributed by atoms with Crippen molar-refractivity contribution in [2.45, 2.75) is 52.0 Å². The zero-order valence-electron chi connectivity index (χ0n) is 13.6. The number of fused-ring (bicyclic) bond motifs is 1. The number of anilines is 1. The third-order valence-corrected chi connectivity index (χ3v) is 5.13. The monoisotopic (exact) mass is 286 g/mol. The quantitative estimate of drug-likeness (QED) is 0.884. The van der Waals surface area contributed by atoms with Crippen LogP contribution in [0.25, 0.3) is 0 Å². The fourth-order valence-electron chi connectivity index (χ4n) is 3.82. The summed E-state index contributed by atoms with van der Waals surface area (Å²) in [6.45, 7) is 8.18. The van der Waals surface area contributed by atoms with Crippen LogP contribution in [0.3, 0.4) is 0 Å². The summed E-state index contributed by atoms with van der Waals surface area (Å²) in [5.74, 6) is 1.59. The van der Waals surface area contributed by atoms with Crippen molar-refractivity contribution in [3.63, 3.8) is 0 Å². The molecule has 21 heavy (non-hydrogen) atoms. The van der Waals surface area contributed by atoms with Crippen LogP contribution in [0.1, 0.15) is 45.1 Å².